The smallest absolute Gasteiger partial charge is 0.194 e. The van der Waals surface area contributed by atoms with Crippen LogP contribution in [0.3, 0.4) is 0 Å². The third kappa shape index (κ3) is 5.38. The Morgan fingerprint density at radius 3 is 2.71 bits per heavy atom. The van der Waals surface area contributed by atoms with Crippen molar-refractivity contribution in [2.45, 2.75) is 25.3 Å². The van der Waals surface area contributed by atoms with Crippen LogP contribution in [0, 0.1) is 11.3 Å². The van der Waals surface area contributed by atoms with E-state index in [4.69, 9.17) is 14.7 Å². The van der Waals surface area contributed by atoms with Crippen molar-refractivity contribution in [3.63, 3.8) is 0 Å². The van der Waals surface area contributed by atoms with Crippen molar-refractivity contribution >= 4 is 35.8 Å². The topological polar surface area (TPSA) is 80.7 Å². The molecule has 1 aliphatic carbocycles. The van der Waals surface area contributed by atoms with E-state index >= 15 is 0 Å². The van der Waals surface area contributed by atoms with E-state index in [0.717, 1.165) is 50.1 Å². The summed E-state index contributed by atoms with van der Waals surface area (Å²) >= 11 is 0. The van der Waals surface area contributed by atoms with Crippen LogP contribution in [0.15, 0.2) is 46.0 Å². The maximum atomic E-state index is 9.05. The number of nitrogens with one attached hydrogen (secondary N) is 1. The van der Waals surface area contributed by atoms with Gasteiger partial charge in [0.2, 0.25) is 0 Å². The summed E-state index contributed by atoms with van der Waals surface area (Å²) in [5.74, 6) is 2.85. The molecule has 1 N–H and O–H groups in total. The summed E-state index contributed by atoms with van der Waals surface area (Å²) in [6.07, 6.45) is 4.97. The molecule has 0 atom stereocenters. The van der Waals surface area contributed by atoms with Crippen LogP contribution in [0.4, 0.5) is 5.82 Å². The zero-order chi connectivity index (χ0) is 18.5. The minimum absolute atomic E-state index is 0. The first-order valence-electron chi connectivity index (χ1n) is 9.52. The van der Waals surface area contributed by atoms with E-state index in [1.165, 1.54) is 12.8 Å². The predicted octanol–water partition coefficient (Wildman–Crippen LogP) is 2.64. The summed E-state index contributed by atoms with van der Waals surface area (Å²) in [6.45, 7) is 4.22. The van der Waals surface area contributed by atoms with Gasteiger partial charge in [-0.2, -0.15) is 5.26 Å². The average molecular weight is 492 g/mol. The predicted molar refractivity (Wildman–Crippen MR) is 119 cm³/mol. The third-order valence-corrected chi connectivity index (χ3v) is 4.86. The number of piperazine rings is 1. The second-order valence-electron chi connectivity index (χ2n) is 6.92. The molecule has 1 saturated heterocycles. The molecule has 28 heavy (non-hydrogen) atoms. The number of aliphatic imine (C=N–C) groups is 1. The molecule has 1 saturated carbocycles. The summed E-state index contributed by atoms with van der Waals surface area (Å²) < 4.78 is 5.40. The lowest BCUT2D eigenvalue weighted by Crippen LogP contribution is -2.53. The number of aromatic nitrogens is 1. The Kier molecular flexibility index (Phi) is 7.14. The molecule has 2 aromatic rings. The van der Waals surface area contributed by atoms with E-state index in [-0.39, 0.29) is 24.0 Å². The maximum Gasteiger partial charge on any atom is 0.194 e. The fraction of sp³-hybridized carbons (Fsp3) is 0.450. The lowest BCUT2D eigenvalue weighted by molar-refractivity contribution is 0.370. The van der Waals surface area contributed by atoms with Crippen molar-refractivity contribution < 1.29 is 4.42 Å². The van der Waals surface area contributed by atoms with Gasteiger partial charge in [0.25, 0.3) is 0 Å². The summed E-state index contributed by atoms with van der Waals surface area (Å²) in [4.78, 5) is 13.8. The highest BCUT2D eigenvalue weighted by Gasteiger charge is 2.27. The second kappa shape index (κ2) is 9.78. The van der Waals surface area contributed by atoms with E-state index in [1.807, 2.05) is 24.3 Å². The molecule has 7 nitrogen and oxygen atoms in total. The van der Waals surface area contributed by atoms with Crippen LogP contribution in [0.25, 0.3) is 0 Å². The largest absolute Gasteiger partial charge is 0.469 e. The number of pyridine rings is 1. The molecule has 0 amide bonds. The van der Waals surface area contributed by atoms with Crippen molar-refractivity contribution in [2.24, 2.45) is 4.99 Å². The molecule has 8 heteroatoms. The van der Waals surface area contributed by atoms with Gasteiger partial charge in [0.1, 0.15) is 23.3 Å². The molecule has 2 aromatic heterocycles. The van der Waals surface area contributed by atoms with Gasteiger partial charge in [-0.1, -0.05) is 6.07 Å². The van der Waals surface area contributed by atoms with Crippen molar-refractivity contribution in [1.82, 2.24) is 15.2 Å². The number of hydrogen-bond donors (Lipinski definition) is 1. The Bertz CT molecular complexity index is 819. The molecular formula is C20H25IN6O. The number of anilines is 1. The lowest BCUT2D eigenvalue weighted by atomic mass is 10.3. The minimum Gasteiger partial charge on any atom is -0.469 e. The number of halogens is 1. The van der Waals surface area contributed by atoms with E-state index in [0.29, 0.717) is 18.3 Å². The van der Waals surface area contributed by atoms with Crippen molar-refractivity contribution in [3.8, 4) is 6.07 Å². The Hall–Kier alpha value is -2.28. The molecule has 0 unspecified atom stereocenters. The van der Waals surface area contributed by atoms with Crippen LogP contribution in [-0.4, -0.2) is 54.6 Å². The maximum absolute atomic E-state index is 9.05. The van der Waals surface area contributed by atoms with Crippen molar-refractivity contribution in [3.05, 3.63) is 48.0 Å². The number of nitriles is 1. The quantitative estimate of drug-likeness (QED) is 0.393. The van der Waals surface area contributed by atoms with E-state index in [1.54, 1.807) is 12.3 Å². The lowest BCUT2D eigenvalue weighted by Gasteiger charge is -2.37. The van der Waals surface area contributed by atoms with E-state index in [9.17, 15) is 0 Å². The van der Waals surface area contributed by atoms with Crippen LogP contribution in [0.2, 0.25) is 0 Å². The molecule has 0 radical (unpaired) electrons. The van der Waals surface area contributed by atoms with Crippen molar-refractivity contribution in [2.75, 3.05) is 37.6 Å². The van der Waals surface area contributed by atoms with Crippen molar-refractivity contribution in [1.29, 1.82) is 5.26 Å². The highest BCUT2D eigenvalue weighted by Crippen LogP contribution is 2.20. The first kappa shape index (κ1) is 20.5. The zero-order valence-corrected chi connectivity index (χ0v) is 18.1. The molecule has 0 bridgehead atoms. The molecule has 0 aromatic carbocycles. The van der Waals surface area contributed by atoms with E-state index in [2.05, 4.69) is 26.2 Å². The van der Waals surface area contributed by atoms with E-state index < -0.39 is 0 Å². The minimum atomic E-state index is 0. The van der Waals surface area contributed by atoms with Crippen LogP contribution in [-0.2, 0) is 6.42 Å². The molecule has 0 spiro atoms. The van der Waals surface area contributed by atoms with Gasteiger partial charge in [-0.15, -0.1) is 24.0 Å². The van der Waals surface area contributed by atoms with Gasteiger partial charge >= 0.3 is 0 Å². The molecule has 2 fully saturated rings. The second-order valence-corrected chi connectivity index (χ2v) is 6.92. The highest BCUT2D eigenvalue weighted by atomic mass is 127. The summed E-state index contributed by atoms with van der Waals surface area (Å²) in [7, 11) is 0. The molecular weight excluding hydrogens is 467 g/mol. The molecule has 2 aliphatic rings. The standard InChI is InChI=1S/C20H24N6O.HI/c21-15-17-3-1-5-19(23-17)25-10-12-26(13-11-25)20(24-16-6-7-16)22-9-8-18-4-2-14-27-18;/h1-5,14,16H,6-13H2,(H,22,24);1H. The Balaban J connectivity index is 0.00000225. The number of guanidine groups is 1. The van der Waals surface area contributed by atoms with Gasteiger partial charge in [0.15, 0.2) is 5.96 Å². The van der Waals surface area contributed by atoms with Gasteiger partial charge in [-0.05, 0) is 37.1 Å². The van der Waals surface area contributed by atoms with Gasteiger partial charge in [-0.25, -0.2) is 4.98 Å². The molecule has 4 rings (SSSR count). The normalized spacial score (nSPS) is 17.0. The van der Waals surface area contributed by atoms with Gasteiger partial charge < -0.3 is 19.5 Å². The molecule has 1 aliphatic heterocycles. The Morgan fingerprint density at radius 1 is 1.21 bits per heavy atom. The summed E-state index contributed by atoms with van der Waals surface area (Å²) in [6, 6.07) is 12.2. The Morgan fingerprint density at radius 2 is 2.04 bits per heavy atom. The number of hydrogen-bond acceptors (Lipinski definition) is 5. The number of rotatable bonds is 5. The highest BCUT2D eigenvalue weighted by molar-refractivity contribution is 14.0. The summed E-state index contributed by atoms with van der Waals surface area (Å²) in [5.41, 5.74) is 0.463. The van der Waals surface area contributed by atoms with Crippen LogP contribution >= 0.6 is 24.0 Å². The Labute approximate surface area is 182 Å². The number of furan rings is 1. The monoisotopic (exact) mass is 492 g/mol. The van der Waals surface area contributed by atoms with Crippen LogP contribution in [0.5, 0.6) is 0 Å². The first-order chi connectivity index (χ1) is 13.3. The SMILES string of the molecule is I.N#Cc1cccc(N2CCN(C(=NCCc3ccco3)NC3CC3)CC2)n1. The average Bonchev–Trinajstić information content (AvgIpc) is 3.39. The van der Waals surface area contributed by atoms with Gasteiger partial charge in [0, 0.05) is 45.2 Å². The fourth-order valence-corrected chi connectivity index (χ4v) is 3.18. The van der Waals surface area contributed by atoms with Gasteiger partial charge in [0.05, 0.1) is 6.26 Å². The summed E-state index contributed by atoms with van der Waals surface area (Å²) in [5, 5.41) is 12.6. The first-order valence-corrected chi connectivity index (χ1v) is 9.52. The zero-order valence-electron chi connectivity index (χ0n) is 15.8. The van der Waals surface area contributed by atoms with Crippen LogP contribution in [0.1, 0.15) is 24.3 Å². The van der Waals surface area contributed by atoms with Crippen LogP contribution < -0.4 is 10.2 Å². The molecule has 148 valence electrons. The van der Waals surface area contributed by atoms with Gasteiger partial charge in [-0.3, -0.25) is 4.99 Å². The third-order valence-electron chi connectivity index (χ3n) is 4.86. The fourth-order valence-electron chi connectivity index (χ4n) is 3.18. The number of nitrogens with zero attached hydrogens (tertiary/aromatic N) is 5. The molecule has 3 heterocycles.